The molecule has 0 bridgehead atoms. The summed E-state index contributed by atoms with van der Waals surface area (Å²) in [5, 5.41) is 1.79. The highest BCUT2D eigenvalue weighted by Crippen LogP contribution is 2.37. The Morgan fingerprint density at radius 1 is 1.23 bits per heavy atom. The first-order valence-corrected chi connectivity index (χ1v) is 11.1. The number of aryl methyl sites for hydroxylation is 1. The summed E-state index contributed by atoms with van der Waals surface area (Å²) in [5.41, 5.74) is 1.51. The number of amides is 1. The molecular weight excluding hydrogens is 430 g/mol. The number of aromatic nitrogens is 1. The second-order valence-corrected chi connectivity index (χ2v) is 9.55. The lowest BCUT2D eigenvalue weighted by Gasteiger charge is -2.29. The first kappa shape index (κ1) is 25.1. The minimum atomic E-state index is -4.46. The maximum atomic E-state index is 14.7. The number of hydrogen-bond donors (Lipinski definition) is 1. The summed E-state index contributed by atoms with van der Waals surface area (Å²) in [5.74, 6) is -0.826. The standard InChI is InChI=1S/C20H23F4N3OS.C2H6/c1-11-7-12(8-13(21)17(11)26-16(28)9-19(2,3)4)27-6-5-14-15(10-27)29-18(25-14)20(22,23)24;1-2/h7-8H,5-6,9-10H2,1-4H3,(H,26,28);1-2H3. The number of carbonyl (C=O) groups excluding carboxylic acids is 1. The highest BCUT2D eigenvalue weighted by Gasteiger charge is 2.37. The van der Waals surface area contributed by atoms with Crippen molar-refractivity contribution in [1.29, 1.82) is 0 Å². The largest absolute Gasteiger partial charge is 0.443 e. The minimum absolute atomic E-state index is 0.137. The maximum absolute atomic E-state index is 14.7. The molecule has 1 aliphatic heterocycles. The summed E-state index contributed by atoms with van der Waals surface area (Å²) in [6.45, 7) is 12.2. The van der Waals surface area contributed by atoms with Crippen molar-refractivity contribution in [3.8, 4) is 0 Å². The van der Waals surface area contributed by atoms with Gasteiger partial charge in [0, 0.05) is 30.0 Å². The van der Waals surface area contributed by atoms with E-state index in [4.69, 9.17) is 0 Å². The summed E-state index contributed by atoms with van der Waals surface area (Å²) in [6, 6.07) is 3.06. The number of carbonyl (C=O) groups is 1. The van der Waals surface area contributed by atoms with E-state index in [1.165, 1.54) is 6.07 Å². The van der Waals surface area contributed by atoms with Gasteiger partial charge in [-0.2, -0.15) is 13.2 Å². The molecule has 0 aliphatic carbocycles. The number of benzene rings is 1. The van der Waals surface area contributed by atoms with Crippen molar-refractivity contribution in [3.05, 3.63) is 39.1 Å². The van der Waals surface area contributed by atoms with Crippen LogP contribution in [0.5, 0.6) is 0 Å². The van der Waals surface area contributed by atoms with Gasteiger partial charge >= 0.3 is 6.18 Å². The van der Waals surface area contributed by atoms with Gasteiger partial charge < -0.3 is 10.2 Å². The first-order valence-electron chi connectivity index (χ1n) is 10.2. The van der Waals surface area contributed by atoms with Gasteiger partial charge in [-0.05, 0) is 30.0 Å². The molecule has 3 rings (SSSR count). The van der Waals surface area contributed by atoms with Crippen molar-refractivity contribution in [2.24, 2.45) is 5.41 Å². The van der Waals surface area contributed by atoms with E-state index in [1.54, 1.807) is 13.0 Å². The van der Waals surface area contributed by atoms with Gasteiger partial charge in [0.05, 0.1) is 17.9 Å². The molecule has 0 fully saturated rings. The van der Waals surface area contributed by atoms with Crippen LogP contribution in [0.1, 0.15) is 62.2 Å². The molecule has 1 amide bonds. The SMILES string of the molecule is CC.Cc1cc(N2CCc3nc(C(F)(F)F)sc3C2)cc(F)c1NC(=O)CC(C)(C)C. The predicted octanol–water partition coefficient (Wildman–Crippen LogP) is 6.57. The Labute approximate surface area is 184 Å². The van der Waals surface area contributed by atoms with Gasteiger partial charge in [-0.1, -0.05) is 34.6 Å². The minimum Gasteiger partial charge on any atom is -0.366 e. The van der Waals surface area contributed by atoms with Crippen LogP contribution < -0.4 is 10.2 Å². The van der Waals surface area contributed by atoms with E-state index in [-0.39, 0.29) is 30.0 Å². The Balaban J connectivity index is 0.00000166. The molecule has 2 aromatic rings. The molecule has 1 N–H and O–H groups in total. The molecule has 1 aromatic carbocycles. The van der Waals surface area contributed by atoms with Gasteiger partial charge in [-0.15, -0.1) is 11.3 Å². The molecule has 172 valence electrons. The average molecular weight is 460 g/mol. The van der Waals surface area contributed by atoms with Gasteiger partial charge in [0.25, 0.3) is 0 Å². The zero-order valence-electron chi connectivity index (χ0n) is 18.7. The van der Waals surface area contributed by atoms with Crippen LogP contribution in [0.2, 0.25) is 0 Å². The van der Waals surface area contributed by atoms with Gasteiger partial charge in [-0.3, -0.25) is 4.79 Å². The second kappa shape index (κ2) is 9.54. The molecule has 0 saturated heterocycles. The van der Waals surface area contributed by atoms with Crippen molar-refractivity contribution >= 4 is 28.6 Å². The molecule has 0 atom stereocenters. The quantitative estimate of drug-likeness (QED) is 0.528. The molecule has 0 spiro atoms. The fourth-order valence-electron chi connectivity index (χ4n) is 3.27. The van der Waals surface area contributed by atoms with Crippen LogP contribution in [-0.2, 0) is 23.9 Å². The summed E-state index contributed by atoms with van der Waals surface area (Å²) in [4.78, 5) is 18.2. The lowest BCUT2D eigenvalue weighted by atomic mass is 9.92. The monoisotopic (exact) mass is 459 g/mol. The number of nitrogens with one attached hydrogen (secondary N) is 1. The summed E-state index contributed by atoms with van der Waals surface area (Å²) < 4.78 is 53.4. The fourth-order valence-corrected chi connectivity index (χ4v) is 4.26. The predicted molar refractivity (Wildman–Crippen MR) is 117 cm³/mol. The van der Waals surface area contributed by atoms with E-state index in [0.717, 1.165) is 0 Å². The first-order chi connectivity index (χ1) is 14.3. The third-order valence-corrected chi connectivity index (χ3v) is 5.69. The van der Waals surface area contributed by atoms with E-state index in [9.17, 15) is 22.4 Å². The molecule has 0 radical (unpaired) electrons. The second-order valence-electron chi connectivity index (χ2n) is 8.46. The Morgan fingerprint density at radius 2 is 1.87 bits per heavy atom. The topological polar surface area (TPSA) is 45.2 Å². The van der Waals surface area contributed by atoms with Crippen LogP contribution in [0, 0.1) is 18.2 Å². The zero-order chi connectivity index (χ0) is 23.6. The Kier molecular flexibility index (Phi) is 7.73. The summed E-state index contributed by atoms with van der Waals surface area (Å²) >= 11 is 0.637. The van der Waals surface area contributed by atoms with Crippen molar-refractivity contribution in [2.45, 2.75) is 67.1 Å². The number of nitrogens with zero attached hydrogens (tertiary/aromatic N) is 2. The lowest BCUT2D eigenvalue weighted by molar-refractivity contribution is -0.137. The third-order valence-electron chi connectivity index (χ3n) is 4.57. The van der Waals surface area contributed by atoms with Crippen LogP contribution in [0.25, 0.3) is 0 Å². The number of rotatable bonds is 3. The fraction of sp³-hybridized carbons (Fsp3) is 0.545. The van der Waals surface area contributed by atoms with Crippen LogP contribution in [0.3, 0.4) is 0 Å². The van der Waals surface area contributed by atoms with Crippen LogP contribution in [-0.4, -0.2) is 17.4 Å². The van der Waals surface area contributed by atoms with Crippen molar-refractivity contribution < 1.29 is 22.4 Å². The van der Waals surface area contributed by atoms with E-state index < -0.39 is 17.0 Å². The maximum Gasteiger partial charge on any atom is 0.443 e. The van der Waals surface area contributed by atoms with E-state index in [2.05, 4.69) is 10.3 Å². The number of thiazole rings is 1. The average Bonchev–Trinajstić information content (AvgIpc) is 3.08. The van der Waals surface area contributed by atoms with Gasteiger partial charge in [0.15, 0.2) is 5.01 Å². The van der Waals surface area contributed by atoms with Crippen molar-refractivity contribution in [3.63, 3.8) is 0 Å². The van der Waals surface area contributed by atoms with E-state index >= 15 is 0 Å². The Bertz CT molecular complexity index is 909. The molecule has 9 heteroatoms. The molecular formula is C22H29F4N3OS. The highest BCUT2D eigenvalue weighted by atomic mass is 32.1. The number of halogens is 4. The molecule has 0 unspecified atom stereocenters. The summed E-state index contributed by atoms with van der Waals surface area (Å²) in [6.07, 6.45) is -3.83. The number of anilines is 2. The normalized spacial score (nSPS) is 13.9. The lowest BCUT2D eigenvalue weighted by Crippen LogP contribution is -2.30. The number of hydrogen-bond acceptors (Lipinski definition) is 4. The van der Waals surface area contributed by atoms with E-state index in [0.29, 0.717) is 46.1 Å². The molecule has 31 heavy (non-hydrogen) atoms. The Morgan fingerprint density at radius 3 is 2.42 bits per heavy atom. The van der Waals surface area contributed by atoms with Crippen LogP contribution >= 0.6 is 11.3 Å². The van der Waals surface area contributed by atoms with Crippen molar-refractivity contribution in [1.82, 2.24) is 4.98 Å². The molecule has 0 saturated carbocycles. The third kappa shape index (κ3) is 6.41. The van der Waals surface area contributed by atoms with E-state index in [1.807, 2.05) is 39.5 Å². The number of alkyl halides is 3. The molecule has 1 aliphatic rings. The summed E-state index contributed by atoms with van der Waals surface area (Å²) in [7, 11) is 0. The Hall–Kier alpha value is -2.16. The molecule has 1 aromatic heterocycles. The van der Waals surface area contributed by atoms with Gasteiger partial charge in [0.2, 0.25) is 5.91 Å². The van der Waals surface area contributed by atoms with Crippen LogP contribution in [0.4, 0.5) is 28.9 Å². The highest BCUT2D eigenvalue weighted by molar-refractivity contribution is 7.11. The van der Waals surface area contributed by atoms with Crippen molar-refractivity contribution in [2.75, 3.05) is 16.8 Å². The molecule has 4 nitrogen and oxygen atoms in total. The number of fused-ring (bicyclic) bond motifs is 1. The molecule has 2 heterocycles. The van der Waals surface area contributed by atoms with Gasteiger partial charge in [0.1, 0.15) is 5.82 Å². The smallest absolute Gasteiger partial charge is 0.366 e. The van der Waals surface area contributed by atoms with Gasteiger partial charge in [-0.25, -0.2) is 9.37 Å². The zero-order valence-corrected chi connectivity index (χ0v) is 19.5. The van der Waals surface area contributed by atoms with Crippen LogP contribution in [0.15, 0.2) is 12.1 Å².